The van der Waals surface area contributed by atoms with Gasteiger partial charge in [0.15, 0.2) is 5.76 Å². The number of aliphatic hydroxyl groups excluding tert-OH is 1. The highest BCUT2D eigenvalue weighted by molar-refractivity contribution is 14.1. The molecule has 208 valence electrons. The Hall–Kier alpha value is -2.23. The molecule has 0 unspecified atom stereocenters. The summed E-state index contributed by atoms with van der Waals surface area (Å²) in [5, 5.41) is 12.2. The first-order chi connectivity index (χ1) is 18.3. The van der Waals surface area contributed by atoms with Crippen LogP contribution >= 0.6 is 22.6 Å². The molecule has 0 fully saturated rings. The number of ether oxygens (including phenoxy) is 4. The molecule has 0 bridgehead atoms. The molecule has 1 aliphatic heterocycles. The Labute approximate surface area is 237 Å². The summed E-state index contributed by atoms with van der Waals surface area (Å²) in [7, 11) is -0.828. The third kappa shape index (κ3) is 8.38. The molecule has 0 aliphatic carbocycles. The highest BCUT2D eigenvalue weighted by atomic mass is 127. The van der Waals surface area contributed by atoms with Gasteiger partial charge in [-0.25, -0.2) is 8.42 Å². The van der Waals surface area contributed by atoms with Crippen molar-refractivity contribution in [2.45, 2.75) is 23.5 Å². The molecule has 0 spiro atoms. The van der Waals surface area contributed by atoms with Crippen LogP contribution in [0.3, 0.4) is 0 Å². The minimum atomic E-state index is -3.88. The van der Waals surface area contributed by atoms with Crippen molar-refractivity contribution in [2.24, 2.45) is 0 Å². The van der Waals surface area contributed by atoms with Crippen LogP contribution in [-0.4, -0.2) is 83.7 Å². The molecule has 1 aliphatic rings. The largest absolute Gasteiger partial charge is 0.497 e. The molecule has 2 N–H and O–H groups in total. The van der Waals surface area contributed by atoms with Gasteiger partial charge in [0.25, 0.3) is 5.91 Å². The van der Waals surface area contributed by atoms with E-state index in [0.717, 1.165) is 13.4 Å². The highest BCUT2D eigenvalue weighted by Gasteiger charge is 2.30. The fraction of sp³-hybridized carbons (Fsp3) is 0.423. The Morgan fingerprint density at radius 2 is 1.82 bits per heavy atom. The maximum absolute atomic E-state index is 13.1. The minimum Gasteiger partial charge on any atom is -0.497 e. The van der Waals surface area contributed by atoms with Crippen molar-refractivity contribution in [1.82, 2.24) is 9.62 Å². The summed E-state index contributed by atoms with van der Waals surface area (Å²) in [5.41, 5.74) is 1.01. The number of amides is 1. The van der Waals surface area contributed by atoms with Crippen molar-refractivity contribution in [3.8, 4) is 5.75 Å². The number of rotatable bonds is 14. The van der Waals surface area contributed by atoms with E-state index < -0.39 is 16.3 Å². The quantitative estimate of drug-likeness (QED) is 0.234. The number of benzene rings is 2. The number of halogens is 1. The lowest BCUT2D eigenvalue weighted by Crippen LogP contribution is -2.38. The van der Waals surface area contributed by atoms with Gasteiger partial charge in [0, 0.05) is 42.7 Å². The van der Waals surface area contributed by atoms with E-state index in [1.165, 1.54) is 19.2 Å². The Bertz CT molecular complexity index is 1170. The molecular weight excluding hydrogens is 627 g/mol. The first-order valence-electron chi connectivity index (χ1n) is 12.1. The highest BCUT2D eigenvalue weighted by Crippen LogP contribution is 2.32. The van der Waals surface area contributed by atoms with Crippen LogP contribution < -0.4 is 10.1 Å². The molecule has 0 aromatic heterocycles. The number of nitrogens with zero attached hydrogens (tertiary/aromatic N) is 1. The van der Waals surface area contributed by atoms with Gasteiger partial charge in [-0.2, -0.15) is 4.31 Å². The third-order valence-electron chi connectivity index (χ3n) is 5.86. The van der Waals surface area contributed by atoms with E-state index in [-0.39, 0.29) is 48.8 Å². The summed E-state index contributed by atoms with van der Waals surface area (Å²) in [4.78, 5) is 12.8. The first-order valence-corrected chi connectivity index (χ1v) is 14.6. The second-order valence-electron chi connectivity index (χ2n) is 8.39. The zero-order chi connectivity index (χ0) is 27.5. The molecule has 2 aromatic rings. The Balaban J connectivity index is 1.70. The zero-order valence-corrected chi connectivity index (χ0v) is 24.3. The second kappa shape index (κ2) is 14.8. The second-order valence-corrected chi connectivity index (χ2v) is 11.6. The van der Waals surface area contributed by atoms with Gasteiger partial charge in [-0.1, -0.05) is 12.1 Å². The lowest BCUT2D eigenvalue weighted by Gasteiger charge is -2.30. The topological polar surface area (TPSA) is 124 Å². The number of allylic oxidation sites excluding steroid dienone is 1. The molecule has 1 heterocycles. The van der Waals surface area contributed by atoms with Gasteiger partial charge < -0.3 is 29.4 Å². The van der Waals surface area contributed by atoms with Crippen molar-refractivity contribution in [2.75, 3.05) is 53.7 Å². The van der Waals surface area contributed by atoms with Gasteiger partial charge in [0.2, 0.25) is 16.3 Å². The molecule has 0 radical (unpaired) electrons. The molecule has 1 amide bonds. The van der Waals surface area contributed by atoms with Crippen LogP contribution in [0.25, 0.3) is 0 Å². The number of carbonyl (C=O) groups is 1. The zero-order valence-electron chi connectivity index (χ0n) is 21.3. The minimum absolute atomic E-state index is 0.00195. The van der Waals surface area contributed by atoms with Gasteiger partial charge in [-0.15, -0.1) is 0 Å². The summed E-state index contributed by atoms with van der Waals surface area (Å²) < 4.78 is 50.4. The number of sulfonamides is 1. The molecule has 10 nitrogen and oxygen atoms in total. The van der Waals surface area contributed by atoms with Crippen molar-refractivity contribution in [3.63, 3.8) is 0 Å². The number of nitrogens with one attached hydrogen (secondary N) is 1. The van der Waals surface area contributed by atoms with Gasteiger partial charge in [0.05, 0.1) is 31.8 Å². The number of hydrogen-bond donors (Lipinski definition) is 2. The fourth-order valence-corrected chi connectivity index (χ4v) is 5.64. The smallest absolute Gasteiger partial charge is 0.286 e. The number of hydrogen-bond acceptors (Lipinski definition) is 8. The molecule has 2 atom stereocenters. The molecule has 0 saturated carbocycles. The van der Waals surface area contributed by atoms with E-state index in [2.05, 4.69) is 27.9 Å². The van der Waals surface area contributed by atoms with E-state index in [9.17, 15) is 18.3 Å². The summed E-state index contributed by atoms with van der Waals surface area (Å²) in [6, 6.07) is 14.0. The average Bonchev–Trinajstić information content (AvgIpc) is 2.93. The average molecular weight is 661 g/mol. The molecule has 3 rings (SSSR count). The van der Waals surface area contributed by atoms with Crippen molar-refractivity contribution in [1.29, 1.82) is 0 Å². The number of carbonyl (C=O) groups excluding carboxylic acids is 1. The van der Waals surface area contributed by atoms with E-state index >= 15 is 0 Å². The Kier molecular flexibility index (Phi) is 11.8. The van der Waals surface area contributed by atoms with Gasteiger partial charge in [-0.3, -0.25) is 4.79 Å². The Morgan fingerprint density at radius 3 is 2.45 bits per heavy atom. The molecular formula is C26H33IN2O8S. The van der Waals surface area contributed by atoms with Crippen molar-refractivity contribution >= 4 is 38.5 Å². The van der Waals surface area contributed by atoms with Crippen LogP contribution in [-0.2, 0) is 29.0 Å². The SMILES string of the molecule is COCCNC(=O)C1=C[C@H](c2ccc(I)cc2)C[C@H](OCCN(CCO)S(=O)(=O)c2ccc(OC)cc2)O1. The summed E-state index contributed by atoms with van der Waals surface area (Å²) in [6.07, 6.45) is 1.45. The predicted octanol–water partition coefficient (Wildman–Crippen LogP) is 2.48. The third-order valence-corrected chi connectivity index (χ3v) is 8.49. The predicted molar refractivity (Wildman–Crippen MR) is 149 cm³/mol. The maximum Gasteiger partial charge on any atom is 0.286 e. The van der Waals surface area contributed by atoms with E-state index in [0.29, 0.717) is 25.3 Å². The molecule has 12 heteroatoms. The van der Waals surface area contributed by atoms with Gasteiger partial charge in [0.1, 0.15) is 5.75 Å². The van der Waals surface area contributed by atoms with Crippen LogP contribution in [0.15, 0.2) is 65.3 Å². The van der Waals surface area contributed by atoms with Crippen LogP contribution in [0, 0.1) is 3.57 Å². The lowest BCUT2D eigenvalue weighted by atomic mass is 9.93. The van der Waals surface area contributed by atoms with Gasteiger partial charge in [-0.05, 0) is 70.6 Å². The van der Waals surface area contributed by atoms with Crippen LogP contribution in [0.2, 0.25) is 0 Å². The van der Waals surface area contributed by atoms with E-state index in [1.54, 1.807) is 25.3 Å². The van der Waals surface area contributed by atoms with Crippen LogP contribution in [0.1, 0.15) is 17.9 Å². The van der Waals surface area contributed by atoms with Gasteiger partial charge >= 0.3 is 0 Å². The number of methoxy groups -OCH3 is 2. The fourth-order valence-electron chi connectivity index (χ4n) is 3.86. The summed E-state index contributed by atoms with van der Waals surface area (Å²) in [5.74, 6) is 0.160. The van der Waals surface area contributed by atoms with E-state index in [4.69, 9.17) is 18.9 Å². The summed E-state index contributed by atoms with van der Waals surface area (Å²) >= 11 is 2.23. The van der Waals surface area contributed by atoms with E-state index in [1.807, 2.05) is 24.3 Å². The van der Waals surface area contributed by atoms with Crippen molar-refractivity contribution in [3.05, 3.63) is 69.5 Å². The van der Waals surface area contributed by atoms with Crippen LogP contribution in [0.4, 0.5) is 0 Å². The molecule has 2 aromatic carbocycles. The maximum atomic E-state index is 13.1. The lowest BCUT2D eigenvalue weighted by molar-refractivity contribution is -0.146. The monoisotopic (exact) mass is 660 g/mol. The van der Waals surface area contributed by atoms with Crippen molar-refractivity contribution < 1.29 is 37.3 Å². The molecule has 38 heavy (non-hydrogen) atoms. The number of aliphatic hydroxyl groups is 1. The molecule has 0 saturated heterocycles. The first kappa shape index (κ1) is 30.3. The van der Waals surface area contributed by atoms with Crippen LogP contribution in [0.5, 0.6) is 5.75 Å². The normalized spacial score (nSPS) is 17.6. The Morgan fingerprint density at radius 1 is 1.11 bits per heavy atom. The standard InChI is InChI=1S/C26H33IN2O8S/c1-34-15-11-28-26(31)24-17-20(19-3-5-21(27)6-4-19)18-25(37-24)36-16-13-29(12-14-30)38(32,33)23-9-7-22(35-2)8-10-23/h3-10,17,20,25,30H,11-16,18H2,1-2H3,(H,28,31)/t20-,25+/m0/s1. The summed E-state index contributed by atoms with van der Waals surface area (Å²) in [6.45, 7) is 0.234.